The summed E-state index contributed by atoms with van der Waals surface area (Å²) >= 11 is 0. The number of piperidine rings is 1. The minimum absolute atomic E-state index is 0.382. The number of hydrogen-bond acceptors (Lipinski definition) is 6. The highest BCUT2D eigenvalue weighted by molar-refractivity contribution is 5.91. The lowest BCUT2D eigenvalue weighted by Crippen LogP contribution is -2.49. The molecule has 3 aromatic rings. The van der Waals surface area contributed by atoms with Crippen LogP contribution in [0.1, 0.15) is 24.6 Å². The summed E-state index contributed by atoms with van der Waals surface area (Å²) in [7, 11) is 0. The number of rotatable bonds is 3. The van der Waals surface area contributed by atoms with Crippen molar-refractivity contribution in [3.05, 3.63) is 48.2 Å². The number of aryl methyl sites for hydroxylation is 1. The number of nitrogens with zero attached hydrogens (tertiary/aromatic N) is 4. The molecule has 1 atom stereocenters. The number of anilines is 1. The molecule has 0 radical (unpaired) electrons. The van der Waals surface area contributed by atoms with Gasteiger partial charge in [0, 0.05) is 30.4 Å². The van der Waals surface area contributed by atoms with Crippen LogP contribution in [-0.2, 0) is 6.42 Å². The quantitative estimate of drug-likeness (QED) is 0.798. The summed E-state index contributed by atoms with van der Waals surface area (Å²) in [4.78, 5) is 10.9. The zero-order valence-corrected chi connectivity index (χ0v) is 13.6. The molecule has 0 bridgehead atoms. The molecule has 1 fully saturated rings. The number of benzene rings is 1. The van der Waals surface area contributed by atoms with E-state index in [4.69, 9.17) is 4.52 Å². The Kier molecular flexibility index (Phi) is 3.69. The zero-order chi connectivity index (χ0) is 16.6. The second-order valence-electron chi connectivity index (χ2n) is 6.51. The highest BCUT2D eigenvalue weighted by Gasteiger charge is 2.35. The molecular weight excluding hydrogens is 304 g/mol. The van der Waals surface area contributed by atoms with Gasteiger partial charge in [0.1, 0.15) is 0 Å². The van der Waals surface area contributed by atoms with Crippen LogP contribution in [0, 0.1) is 6.92 Å². The van der Waals surface area contributed by atoms with E-state index in [0.29, 0.717) is 24.7 Å². The van der Waals surface area contributed by atoms with Gasteiger partial charge < -0.3 is 14.5 Å². The average molecular weight is 324 g/mol. The highest BCUT2D eigenvalue weighted by atomic mass is 16.5. The number of β-amino-alcohol motifs (C(OH)–C–C–N with tert-alkyl or cyclic N) is 1. The maximum Gasteiger partial charge on any atom is 0.229 e. The van der Waals surface area contributed by atoms with Crippen molar-refractivity contribution in [2.24, 2.45) is 0 Å². The molecule has 124 valence electrons. The summed E-state index contributed by atoms with van der Waals surface area (Å²) < 4.78 is 5.19. The summed E-state index contributed by atoms with van der Waals surface area (Å²) in [5.74, 6) is 1.10. The third-order valence-corrected chi connectivity index (χ3v) is 4.57. The summed E-state index contributed by atoms with van der Waals surface area (Å²) in [5, 5.41) is 16.0. The molecule has 0 amide bonds. The smallest absolute Gasteiger partial charge is 0.229 e. The SMILES string of the molecule is Cc1noc(CC2(O)CCCN(c3ccnc4ccccc34)C2)n1. The van der Waals surface area contributed by atoms with Crippen molar-refractivity contribution in [2.45, 2.75) is 31.8 Å². The Hall–Kier alpha value is -2.47. The summed E-state index contributed by atoms with van der Waals surface area (Å²) in [6.07, 6.45) is 3.86. The van der Waals surface area contributed by atoms with E-state index in [0.717, 1.165) is 36.0 Å². The second-order valence-corrected chi connectivity index (χ2v) is 6.51. The molecule has 1 aliphatic rings. The van der Waals surface area contributed by atoms with Gasteiger partial charge in [-0.15, -0.1) is 0 Å². The summed E-state index contributed by atoms with van der Waals surface area (Å²) in [6, 6.07) is 10.1. The first-order valence-corrected chi connectivity index (χ1v) is 8.23. The van der Waals surface area contributed by atoms with Crippen LogP contribution in [0.2, 0.25) is 0 Å². The molecule has 1 N–H and O–H groups in total. The predicted octanol–water partition coefficient (Wildman–Crippen LogP) is 2.50. The Bertz CT molecular complexity index is 858. The summed E-state index contributed by atoms with van der Waals surface area (Å²) in [5.41, 5.74) is 1.22. The van der Waals surface area contributed by atoms with Gasteiger partial charge in [0.25, 0.3) is 0 Å². The van der Waals surface area contributed by atoms with Crippen molar-refractivity contribution in [1.29, 1.82) is 0 Å². The van der Waals surface area contributed by atoms with Crippen LogP contribution in [0.3, 0.4) is 0 Å². The van der Waals surface area contributed by atoms with Gasteiger partial charge in [-0.05, 0) is 31.9 Å². The molecule has 4 rings (SSSR count). The van der Waals surface area contributed by atoms with Crippen LogP contribution in [-0.4, -0.2) is 38.9 Å². The molecule has 0 aliphatic carbocycles. The lowest BCUT2D eigenvalue weighted by molar-refractivity contribution is 0.0194. The van der Waals surface area contributed by atoms with Crippen molar-refractivity contribution in [3.63, 3.8) is 0 Å². The molecule has 2 aromatic heterocycles. The van der Waals surface area contributed by atoms with E-state index in [2.05, 4.69) is 26.1 Å². The number of hydrogen-bond donors (Lipinski definition) is 1. The topological polar surface area (TPSA) is 75.3 Å². The lowest BCUT2D eigenvalue weighted by atomic mass is 9.89. The fraction of sp³-hybridized carbons (Fsp3) is 0.389. The Morgan fingerprint density at radius 3 is 3.00 bits per heavy atom. The monoisotopic (exact) mass is 324 g/mol. The molecule has 6 nitrogen and oxygen atoms in total. The minimum Gasteiger partial charge on any atom is -0.388 e. The maximum absolute atomic E-state index is 11.1. The van der Waals surface area contributed by atoms with E-state index < -0.39 is 5.60 Å². The average Bonchev–Trinajstić information content (AvgIpc) is 2.98. The van der Waals surface area contributed by atoms with Crippen molar-refractivity contribution in [1.82, 2.24) is 15.1 Å². The van der Waals surface area contributed by atoms with Crippen LogP contribution >= 0.6 is 0 Å². The fourth-order valence-corrected chi connectivity index (χ4v) is 3.51. The van der Waals surface area contributed by atoms with Crippen molar-refractivity contribution in [2.75, 3.05) is 18.0 Å². The number of fused-ring (bicyclic) bond motifs is 1. The van der Waals surface area contributed by atoms with E-state index >= 15 is 0 Å². The maximum atomic E-state index is 11.1. The Balaban J connectivity index is 1.62. The van der Waals surface area contributed by atoms with Gasteiger partial charge >= 0.3 is 0 Å². The van der Waals surface area contributed by atoms with Crippen LogP contribution in [0.15, 0.2) is 41.1 Å². The fourth-order valence-electron chi connectivity index (χ4n) is 3.51. The van der Waals surface area contributed by atoms with Crippen molar-refractivity contribution in [3.8, 4) is 0 Å². The number of aliphatic hydroxyl groups is 1. The van der Waals surface area contributed by atoms with E-state index in [-0.39, 0.29) is 0 Å². The normalized spacial score (nSPS) is 21.3. The minimum atomic E-state index is -0.860. The number of aromatic nitrogens is 3. The Morgan fingerprint density at radius 1 is 1.29 bits per heavy atom. The molecule has 0 spiro atoms. The third-order valence-electron chi connectivity index (χ3n) is 4.57. The highest BCUT2D eigenvalue weighted by Crippen LogP contribution is 2.32. The first-order chi connectivity index (χ1) is 11.6. The molecule has 3 heterocycles. The standard InChI is InChI=1S/C18H20N4O2/c1-13-20-17(24-21-13)11-18(23)8-4-10-22(12-18)16-7-9-19-15-6-3-2-5-14(15)16/h2-3,5-7,9,23H,4,8,10-12H2,1H3. The van der Waals surface area contributed by atoms with Gasteiger partial charge in [0.05, 0.1) is 17.5 Å². The molecule has 1 unspecified atom stereocenters. The van der Waals surface area contributed by atoms with Gasteiger partial charge in [0.2, 0.25) is 5.89 Å². The van der Waals surface area contributed by atoms with Crippen LogP contribution in [0.25, 0.3) is 10.9 Å². The molecule has 1 saturated heterocycles. The van der Waals surface area contributed by atoms with Crippen molar-refractivity contribution >= 4 is 16.6 Å². The zero-order valence-electron chi connectivity index (χ0n) is 13.6. The van der Waals surface area contributed by atoms with Crippen LogP contribution in [0.5, 0.6) is 0 Å². The van der Waals surface area contributed by atoms with Gasteiger partial charge in [-0.25, -0.2) is 0 Å². The van der Waals surface area contributed by atoms with E-state index in [1.807, 2.05) is 30.5 Å². The largest absolute Gasteiger partial charge is 0.388 e. The third kappa shape index (κ3) is 2.85. The van der Waals surface area contributed by atoms with Crippen molar-refractivity contribution < 1.29 is 9.63 Å². The van der Waals surface area contributed by atoms with Gasteiger partial charge in [-0.2, -0.15) is 4.98 Å². The van der Waals surface area contributed by atoms with Crippen LogP contribution in [0.4, 0.5) is 5.69 Å². The van der Waals surface area contributed by atoms with Gasteiger partial charge in [-0.1, -0.05) is 23.4 Å². The molecule has 1 aromatic carbocycles. The predicted molar refractivity (Wildman–Crippen MR) is 90.9 cm³/mol. The lowest BCUT2D eigenvalue weighted by Gasteiger charge is -2.40. The molecule has 24 heavy (non-hydrogen) atoms. The number of para-hydroxylation sites is 1. The first-order valence-electron chi connectivity index (χ1n) is 8.23. The number of pyridine rings is 1. The van der Waals surface area contributed by atoms with Crippen LogP contribution < -0.4 is 4.90 Å². The molecular formula is C18H20N4O2. The Labute approximate surface area is 140 Å². The summed E-state index contributed by atoms with van der Waals surface area (Å²) in [6.45, 7) is 3.24. The van der Waals surface area contributed by atoms with E-state index in [1.54, 1.807) is 6.92 Å². The van der Waals surface area contributed by atoms with Gasteiger partial charge in [0.15, 0.2) is 5.82 Å². The molecule has 6 heteroatoms. The van der Waals surface area contributed by atoms with E-state index in [9.17, 15) is 5.11 Å². The second kappa shape index (κ2) is 5.87. The van der Waals surface area contributed by atoms with E-state index in [1.165, 1.54) is 0 Å². The Morgan fingerprint density at radius 2 is 2.17 bits per heavy atom. The molecule has 1 aliphatic heterocycles. The first kappa shape index (κ1) is 15.1. The van der Waals surface area contributed by atoms with Gasteiger partial charge in [-0.3, -0.25) is 4.98 Å². The molecule has 0 saturated carbocycles.